The quantitative estimate of drug-likeness (QED) is 0.220. The molecule has 248 valence electrons. The van der Waals surface area contributed by atoms with Gasteiger partial charge in [0.25, 0.3) is 0 Å². The summed E-state index contributed by atoms with van der Waals surface area (Å²) in [7, 11) is 1.65. The molecule has 3 heterocycles. The molecule has 2 aromatic carbocycles. The van der Waals surface area contributed by atoms with Gasteiger partial charge in [-0.15, -0.1) is 0 Å². The lowest BCUT2D eigenvalue weighted by atomic mass is 9.67. The number of methoxy groups -OCH3 is 1. The number of hydrogen-bond acceptors (Lipinski definition) is 6. The fraction of sp³-hybridized carbons (Fsp3) is 0.556. The summed E-state index contributed by atoms with van der Waals surface area (Å²) < 4.78 is 20.3. The molecule has 10 heteroatoms. The lowest BCUT2D eigenvalue weighted by Crippen LogP contribution is -2.55. The van der Waals surface area contributed by atoms with Crippen molar-refractivity contribution in [1.82, 2.24) is 20.1 Å². The Morgan fingerprint density at radius 3 is 2.63 bits per heavy atom. The minimum atomic E-state index is -0.309. The predicted molar refractivity (Wildman–Crippen MR) is 176 cm³/mol. The van der Waals surface area contributed by atoms with Crippen molar-refractivity contribution in [2.75, 3.05) is 46.4 Å². The highest BCUT2D eigenvalue weighted by Gasteiger charge is 2.49. The van der Waals surface area contributed by atoms with E-state index in [0.29, 0.717) is 57.2 Å². The number of piperidine rings is 1. The smallest absolute Gasteiger partial charge is 0.225 e. The molecule has 0 radical (unpaired) electrons. The zero-order valence-electron chi connectivity index (χ0n) is 26.9. The number of hydrogen-bond donors (Lipinski definition) is 4. The van der Waals surface area contributed by atoms with Crippen LogP contribution in [0.1, 0.15) is 74.2 Å². The molecule has 3 aromatic rings. The molecule has 9 nitrogen and oxygen atoms in total. The molecule has 2 aliphatic heterocycles. The minimum absolute atomic E-state index is 0.0132. The number of halogens is 1. The number of carbonyl (C=O) groups is 2. The standard InChI is InChI=1S/C36H48FN5O4/c1-46-27-10-11-28-30(19-27)40-34-31(22-43)42(21-25-7-4-5-8-29(25)37)23-36(33(28)34)12-15-41(16-13-36)35(45)26-17-24(18-26)20-39-32(44)9-3-2-6-14-38/h4-5,7-8,10-11,19,24,26,31,40,43H,2-3,6,9,12-18,20-23,38H2,1H3,(H,39,44). The van der Waals surface area contributed by atoms with Crippen LogP contribution >= 0.6 is 0 Å². The van der Waals surface area contributed by atoms with E-state index < -0.39 is 0 Å². The Kier molecular flexibility index (Phi) is 9.96. The number of likely N-dealkylation sites (tertiary alicyclic amines) is 1. The van der Waals surface area contributed by atoms with E-state index in [-0.39, 0.29) is 41.6 Å². The normalized spacial score (nSPS) is 22.4. The van der Waals surface area contributed by atoms with Gasteiger partial charge in [0, 0.05) is 78.7 Å². The molecule has 2 amide bonds. The van der Waals surface area contributed by atoms with Gasteiger partial charge < -0.3 is 30.8 Å². The Morgan fingerprint density at radius 1 is 1.13 bits per heavy atom. The van der Waals surface area contributed by atoms with E-state index in [2.05, 4.69) is 21.3 Å². The molecule has 0 bridgehead atoms. The summed E-state index contributed by atoms with van der Waals surface area (Å²) >= 11 is 0. The average Bonchev–Trinajstić information content (AvgIpc) is 3.43. The van der Waals surface area contributed by atoms with Crippen molar-refractivity contribution >= 4 is 22.7 Å². The summed E-state index contributed by atoms with van der Waals surface area (Å²) in [6.07, 6.45) is 6.52. The second-order valence-electron chi connectivity index (χ2n) is 13.6. The number of fused-ring (bicyclic) bond motifs is 4. The number of carbonyl (C=O) groups excluding carboxylic acids is 2. The van der Waals surface area contributed by atoms with Gasteiger partial charge in [0.05, 0.1) is 19.8 Å². The first-order chi connectivity index (χ1) is 22.4. The average molecular weight is 634 g/mol. The number of nitrogens with zero attached hydrogens (tertiary/aromatic N) is 2. The van der Waals surface area contributed by atoms with Crippen molar-refractivity contribution < 1.29 is 23.8 Å². The summed E-state index contributed by atoms with van der Waals surface area (Å²) in [5.74, 6) is 1.18. The molecule has 1 spiro atoms. The lowest BCUT2D eigenvalue weighted by Gasteiger charge is -2.51. The Hall–Kier alpha value is -3.47. The molecule has 1 aliphatic carbocycles. The second-order valence-corrected chi connectivity index (χ2v) is 13.6. The van der Waals surface area contributed by atoms with Gasteiger partial charge in [0.2, 0.25) is 11.8 Å². The lowest BCUT2D eigenvalue weighted by molar-refractivity contribution is -0.141. The fourth-order valence-corrected chi connectivity index (χ4v) is 8.00. The van der Waals surface area contributed by atoms with Crippen molar-refractivity contribution in [3.8, 4) is 5.75 Å². The van der Waals surface area contributed by atoms with Crippen LogP contribution in [0.25, 0.3) is 10.9 Å². The molecule has 5 N–H and O–H groups in total. The number of aliphatic hydroxyl groups excluding tert-OH is 1. The molecule has 6 rings (SSSR count). The molecule has 1 aromatic heterocycles. The monoisotopic (exact) mass is 633 g/mol. The van der Waals surface area contributed by atoms with E-state index in [0.717, 1.165) is 67.3 Å². The van der Waals surface area contributed by atoms with Crippen molar-refractivity contribution in [1.29, 1.82) is 0 Å². The Labute approximate surface area is 270 Å². The van der Waals surface area contributed by atoms with Crippen molar-refractivity contribution in [3.05, 3.63) is 65.1 Å². The molecular weight excluding hydrogens is 585 g/mol. The number of rotatable bonds is 12. The van der Waals surface area contributed by atoms with Gasteiger partial charge >= 0.3 is 0 Å². The van der Waals surface area contributed by atoms with Crippen LogP contribution in [0.3, 0.4) is 0 Å². The van der Waals surface area contributed by atoms with Gasteiger partial charge in [0.15, 0.2) is 0 Å². The number of nitrogens with two attached hydrogens (primary N) is 1. The number of nitrogens with one attached hydrogen (secondary N) is 2. The number of ether oxygens (including phenoxy) is 1. The van der Waals surface area contributed by atoms with E-state index in [4.69, 9.17) is 10.5 Å². The third kappa shape index (κ3) is 6.52. The van der Waals surface area contributed by atoms with Gasteiger partial charge in [0.1, 0.15) is 11.6 Å². The number of amides is 2. The van der Waals surface area contributed by atoms with Gasteiger partial charge in [-0.2, -0.15) is 0 Å². The Bertz CT molecular complexity index is 1530. The molecule has 46 heavy (non-hydrogen) atoms. The molecule has 1 atom stereocenters. The molecule has 1 unspecified atom stereocenters. The van der Waals surface area contributed by atoms with Crippen LogP contribution in [-0.2, 0) is 21.5 Å². The highest BCUT2D eigenvalue weighted by molar-refractivity contribution is 5.88. The highest BCUT2D eigenvalue weighted by Crippen LogP contribution is 2.50. The van der Waals surface area contributed by atoms with Crippen LogP contribution < -0.4 is 15.8 Å². The molecule has 1 saturated heterocycles. The third-order valence-corrected chi connectivity index (χ3v) is 10.7. The molecular formula is C36H48FN5O4. The van der Waals surface area contributed by atoms with Gasteiger partial charge in [-0.05, 0) is 74.8 Å². The van der Waals surface area contributed by atoms with Crippen LogP contribution in [0, 0.1) is 17.7 Å². The summed E-state index contributed by atoms with van der Waals surface area (Å²) in [4.78, 5) is 33.6. The zero-order valence-corrected chi connectivity index (χ0v) is 26.9. The minimum Gasteiger partial charge on any atom is -0.497 e. The van der Waals surface area contributed by atoms with Crippen molar-refractivity contribution in [3.63, 3.8) is 0 Å². The van der Waals surface area contributed by atoms with E-state index in [1.165, 1.54) is 11.6 Å². The summed E-state index contributed by atoms with van der Waals surface area (Å²) in [6.45, 7) is 3.56. The SMILES string of the molecule is COc1ccc2c3c([nH]c2c1)C(CO)N(Cc1ccccc1F)CC31CCN(C(=O)C2CC(CNC(=O)CCCCCN)C2)CC1. The number of unbranched alkanes of at least 4 members (excludes halogenated alkanes) is 2. The first kappa shape index (κ1) is 32.5. The molecule has 2 fully saturated rings. The predicted octanol–water partition coefficient (Wildman–Crippen LogP) is 4.39. The van der Waals surface area contributed by atoms with E-state index >= 15 is 0 Å². The number of H-pyrrole nitrogens is 1. The number of aliphatic hydroxyl groups is 1. The van der Waals surface area contributed by atoms with Crippen molar-refractivity contribution in [2.24, 2.45) is 17.6 Å². The van der Waals surface area contributed by atoms with Gasteiger partial charge in [-0.25, -0.2) is 4.39 Å². The zero-order chi connectivity index (χ0) is 32.3. The summed E-state index contributed by atoms with van der Waals surface area (Å²) in [6, 6.07) is 12.6. The van der Waals surface area contributed by atoms with E-state index in [1.807, 2.05) is 29.2 Å². The van der Waals surface area contributed by atoms with Crippen LogP contribution in [0.2, 0.25) is 0 Å². The maximum Gasteiger partial charge on any atom is 0.225 e. The van der Waals surface area contributed by atoms with Crippen LogP contribution in [0.15, 0.2) is 42.5 Å². The molecule has 1 saturated carbocycles. The van der Waals surface area contributed by atoms with Crippen LogP contribution in [-0.4, -0.2) is 78.1 Å². The number of aromatic nitrogens is 1. The topological polar surface area (TPSA) is 124 Å². The van der Waals surface area contributed by atoms with Gasteiger partial charge in [-0.1, -0.05) is 24.6 Å². The largest absolute Gasteiger partial charge is 0.497 e. The number of aromatic amines is 1. The summed E-state index contributed by atoms with van der Waals surface area (Å²) in [5, 5.41) is 14.8. The van der Waals surface area contributed by atoms with E-state index in [9.17, 15) is 19.1 Å². The fourth-order valence-electron chi connectivity index (χ4n) is 8.00. The van der Waals surface area contributed by atoms with Gasteiger partial charge in [-0.3, -0.25) is 14.5 Å². The molecule has 3 aliphatic rings. The highest BCUT2D eigenvalue weighted by atomic mass is 19.1. The Balaban J connectivity index is 1.14. The van der Waals surface area contributed by atoms with Crippen molar-refractivity contribution in [2.45, 2.75) is 69.4 Å². The second kappa shape index (κ2) is 14.1. The maximum absolute atomic E-state index is 14.8. The third-order valence-electron chi connectivity index (χ3n) is 10.7. The Morgan fingerprint density at radius 2 is 1.91 bits per heavy atom. The summed E-state index contributed by atoms with van der Waals surface area (Å²) in [5.41, 5.74) is 9.01. The van der Waals surface area contributed by atoms with Crippen LogP contribution in [0.5, 0.6) is 5.75 Å². The van der Waals surface area contributed by atoms with E-state index in [1.54, 1.807) is 13.2 Å². The number of benzene rings is 2. The van der Waals surface area contributed by atoms with Crippen LogP contribution in [0.4, 0.5) is 4.39 Å². The maximum atomic E-state index is 14.8. The first-order valence-electron chi connectivity index (χ1n) is 16.9. The first-order valence-corrected chi connectivity index (χ1v) is 16.9.